The number of aromatic nitrogens is 1. The molecule has 5 heteroatoms. The Labute approximate surface area is 161 Å². The van der Waals surface area contributed by atoms with E-state index in [-0.39, 0.29) is 0 Å². The summed E-state index contributed by atoms with van der Waals surface area (Å²) in [5, 5.41) is 6.82. The number of likely N-dealkylation sites (N-methyl/N-ethyl adjacent to an activating group) is 1. The highest BCUT2D eigenvalue weighted by Crippen LogP contribution is 2.31. The van der Waals surface area contributed by atoms with Crippen LogP contribution in [-0.2, 0) is 13.2 Å². The molecule has 1 saturated carbocycles. The smallest absolute Gasteiger partial charge is 0.131 e. The zero-order valence-electron chi connectivity index (χ0n) is 16.3. The van der Waals surface area contributed by atoms with E-state index >= 15 is 0 Å². The van der Waals surface area contributed by atoms with Gasteiger partial charge in [-0.05, 0) is 51.6 Å². The lowest BCUT2D eigenvalue weighted by Crippen LogP contribution is -2.52. The number of thiazole rings is 1. The van der Waals surface area contributed by atoms with Crippen LogP contribution >= 0.6 is 11.3 Å². The average Bonchev–Trinajstić information content (AvgIpc) is 3.07. The van der Waals surface area contributed by atoms with Crippen LogP contribution in [0.3, 0.4) is 0 Å². The first kappa shape index (κ1) is 19.3. The molecule has 0 unspecified atom stereocenters. The Hall–Kier alpha value is -1.43. The van der Waals surface area contributed by atoms with Crippen LogP contribution in [-0.4, -0.2) is 36.1 Å². The van der Waals surface area contributed by atoms with E-state index in [0.717, 1.165) is 29.5 Å². The van der Waals surface area contributed by atoms with Gasteiger partial charge in [0.1, 0.15) is 12.4 Å². The molecule has 0 spiro atoms. The molecule has 0 aliphatic heterocycles. The predicted octanol–water partition coefficient (Wildman–Crippen LogP) is 4.38. The van der Waals surface area contributed by atoms with Crippen LogP contribution in [0.25, 0.3) is 0 Å². The maximum absolute atomic E-state index is 5.82. The highest BCUT2D eigenvalue weighted by Gasteiger charge is 2.33. The molecular formula is C21H31N3OS. The lowest BCUT2D eigenvalue weighted by molar-refractivity contribution is 0.0984. The van der Waals surface area contributed by atoms with Gasteiger partial charge in [0, 0.05) is 24.0 Å². The largest absolute Gasteiger partial charge is 0.487 e. The Morgan fingerprint density at radius 1 is 1.15 bits per heavy atom. The van der Waals surface area contributed by atoms with Gasteiger partial charge in [0.2, 0.25) is 0 Å². The van der Waals surface area contributed by atoms with Gasteiger partial charge in [-0.1, -0.05) is 31.4 Å². The summed E-state index contributed by atoms with van der Waals surface area (Å²) in [6.45, 7) is 4.51. The summed E-state index contributed by atoms with van der Waals surface area (Å²) < 4.78 is 5.82. The Morgan fingerprint density at radius 3 is 2.50 bits per heavy atom. The number of hydrogen-bond donors (Lipinski definition) is 1. The second kappa shape index (κ2) is 8.98. The van der Waals surface area contributed by atoms with Crippen molar-refractivity contribution < 1.29 is 4.74 Å². The summed E-state index contributed by atoms with van der Waals surface area (Å²) in [7, 11) is 4.45. The number of ether oxygens (including phenoxy) is 1. The number of rotatable bonds is 8. The molecule has 3 rings (SSSR count). The van der Waals surface area contributed by atoms with E-state index in [1.165, 1.54) is 37.7 Å². The second-order valence-corrected chi connectivity index (χ2v) is 8.64. The molecule has 2 aromatic rings. The first-order valence-electron chi connectivity index (χ1n) is 9.58. The summed E-state index contributed by atoms with van der Waals surface area (Å²) in [4.78, 5) is 6.86. The molecule has 1 aromatic heterocycles. The minimum absolute atomic E-state index is 0.326. The van der Waals surface area contributed by atoms with E-state index in [0.29, 0.717) is 12.1 Å². The van der Waals surface area contributed by atoms with Crippen molar-refractivity contribution in [1.82, 2.24) is 15.2 Å². The average molecular weight is 374 g/mol. The van der Waals surface area contributed by atoms with Crippen molar-refractivity contribution in [2.45, 2.75) is 57.7 Å². The third-order valence-electron chi connectivity index (χ3n) is 5.49. The molecule has 142 valence electrons. The van der Waals surface area contributed by atoms with Crippen molar-refractivity contribution >= 4 is 11.3 Å². The topological polar surface area (TPSA) is 37.4 Å². The van der Waals surface area contributed by atoms with E-state index in [1.54, 1.807) is 11.3 Å². The number of aryl methyl sites for hydroxylation is 1. The highest BCUT2D eigenvalue weighted by atomic mass is 32.1. The summed E-state index contributed by atoms with van der Waals surface area (Å²) in [5.41, 5.74) is 2.62. The van der Waals surface area contributed by atoms with Crippen LogP contribution in [0.4, 0.5) is 0 Å². The van der Waals surface area contributed by atoms with Gasteiger partial charge in [0.25, 0.3) is 0 Å². The third-order valence-corrected chi connectivity index (χ3v) is 6.32. The molecule has 0 saturated heterocycles. The van der Waals surface area contributed by atoms with Gasteiger partial charge >= 0.3 is 0 Å². The zero-order chi connectivity index (χ0) is 18.4. The van der Waals surface area contributed by atoms with Crippen LogP contribution in [0.2, 0.25) is 0 Å². The molecule has 26 heavy (non-hydrogen) atoms. The molecule has 1 aliphatic rings. The Bertz CT molecular complexity index is 675. The lowest BCUT2D eigenvalue weighted by atomic mass is 9.80. The number of nitrogens with one attached hydrogen (secondary N) is 1. The molecule has 1 fully saturated rings. The van der Waals surface area contributed by atoms with E-state index in [9.17, 15) is 0 Å². The van der Waals surface area contributed by atoms with Gasteiger partial charge in [0.05, 0.1) is 10.7 Å². The summed E-state index contributed by atoms with van der Waals surface area (Å²) in [6, 6.07) is 8.41. The molecule has 1 aliphatic carbocycles. The fourth-order valence-corrected chi connectivity index (χ4v) is 4.36. The minimum Gasteiger partial charge on any atom is -0.487 e. The standard InChI is InChI=1S/C21H31N3OS/c1-17-23-19(15-26-17)14-25-20-9-7-18(8-10-20)13-22-16-21(24(2)3)11-5-4-6-12-21/h7-10,15,22H,4-6,11-14,16H2,1-3H3. The molecule has 1 heterocycles. The maximum atomic E-state index is 5.82. The minimum atomic E-state index is 0.326. The van der Waals surface area contributed by atoms with Crippen LogP contribution in [0.15, 0.2) is 29.6 Å². The van der Waals surface area contributed by atoms with E-state index in [1.807, 2.05) is 6.92 Å². The molecule has 4 nitrogen and oxygen atoms in total. The fraction of sp³-hybridized carbons (Fsp3) is 0.571. The Morgan fingerprint density at radius 2 is 1.88 bits per heavy atom. The Balaban J connectivity index is 1.46. The molecule has 0 radical (unpaired) electrons. The number of benzene rings is 1. The normalized spacial score (nSPS) is 16.8. The van der Waals surface area contributed by atoms with Crippen LogP contribution in [0.5, 0.6) is 5.75 Å². The van der Waals surface area contributed by atoms with Gasteiger partial charge in [-0.2, -0.15) is 0 Å². The van der Waals surface area contributed by atoms with Gasteiger partial charge < -0.3 is 15.0 Å². The fourth-order valence-electron chi connectivity index (χ4n) is 3.77. The van der Waals surface area contributed by atoms with Crippen LogP contribution < -0.4 is 10.1 Å². The van der Waals surface area contributed by atoms with Gasteiger partial charge in [-0.3, -0.25) is 0 Å². The van der Waals surface area contributed by atoms with Crippen molar-refractivity contribution in [1.29, 1.82) is 0 Å². The van der Waals surface area contributed by atoms with Gasteiger partial charge in [-0.15, -0.1) is 11.3 Å². The number of hydrogen-bond acceptors (Lipinski definition) is 5. The van der Waals surface area contributed by atoms with Gasteiger partial charge in [0.15, 0.2) is 0 Å². The third kappa shape index (κ3) is 5.06. The molecular weight excluding hydrogens is 342 g/mol. The summed E-state index contributed by atoms with van der Waals surface area (Å²) in [6.07, 6.45) is 6.69. The van der Waals surface area contributed by atoms with Crippen molar-refractivity contribution in [2.75, 3.05) is 20.6 Å². The van der Waals surface area contributed by atoms with E-state index < -0.39 is 0 Å². The summed E-state index contributed by atoms with van der Waals surface area (Å²) in [5.74, 6) is 0.899. The van der Waals surface area contributed by atoms with Crippen molar-refractivity contribution in [3.63, 3.8) is 0 Å². The maximum Gasteiger partial charge on any atom is 0.131 e. The van der Waals surface area contributed by atoms with Gasteiger partial charge in [-0.25, -0.2) is 4.98 Å². The first-order valence-corrected chi connectivity index (χ1v) is 10.5. The van der Waals surface area contributed by atoms with Crippen LogP contribution in [0.1, 0.15) is 48.4 Å². The molecule has 1 N–H and O–H groups in total. The summed E-state index contributed by atoms with van der Waals surface area (Å²) >= 11 is 1.66. The van der Waals surface area contributed by atoms with Crippen molar-refractivity contribution in [3.05, 3.63) is 45.9 Å². The molecule has 0 bridgehead atoms. The molecule has 0 amide bonds. The Kier molecular flexibility index (Phi) is 6.68. The molecule has 0 atom stereocenters. The van der Waals surface area contributed by atoms with E-state index in [4.69, 9.17) is 4.74 Å². The van der Waals surface area contributed by atoms with Crippen LogP contribution in [0, 0.1) is 6.92 Å². The monoisotopic (exact) mass is 373 g/mol. The molecule has 1 aromatic carbocycles. The van der Waals surface area contributed by atoms with Crippen molar-refractivity contribution in [2.24, 2.45) is 0 Å². The van der Waals surface area contributed by atoms with E-state index in [2.05, 4.69) is 58.9 Å². The second-order valence-electron chi connectivity index (χ2n) is 7.57. The predicted molar refractivity (Wildman–Crippen MR) is 109 cm³/mol. The quantitative estimate of drug-likeness (QED) is 0.745. The SMILES string of the molecule is Cc1nc(COc2ccc(CNCC3(N(C)C)CCCCC3)cc2)cs1. The number of nitrogens with zero attached hydrogens (tertiary/aromatic N) is 2. The lowest BCUT2D eigenvalue weighted by Gasteiger charge is -2.43. The first-order chi connectivity index (χ1) is 12.6. The van der Waals surface area contributed by atoms with Crippen molar-refractivity contribution in [3.8, 4) is 5.75 Å². The zero-order valence-corrected chi connectivity index (χ0v) is 17.1. The highest BCUT2D eigenvalue weighted by molar-refractivity contribution is 7.09.